The Balaban J connectivity index is 1.23. The second kappa shape index (κ2) is 9.48. The molecule has 3 aliphatic rings. The van der Waals surface area contributed by atoms with Gasteiger partial charge in [0, 0.05) is 31.7 Å². The minimum Gasteiger partial charge on any atom is -0.365 e. The Morgan fingerprint density at radius 2 is 1.83 bits per heavy atom. The van der Waals surface area contributed by atoms with E-state index in [1.807, 2.05) is 36.9 Å². The molecule has 1 aromatic carbocycles. The Hall–Kier alpha value is -1.92. The van der Waals surface area contributed by atoms with Crippen LogP contribution in [0, 0.1) is 25.7 Å². The minimum absolute atomic E-state index is 0.0763. The maximum atomic E-state index is 12.5. The van der Waals surface area contributed by atoms with Gasteiger partial charge in [-0.15, -0.1) is 0 Å². The molecule has 1 atom stereocenters. The number of carbonyl (C=O) groups is 2. The van der Waals surface area contributed by atoms with Crippen LogP contribution in [0.15, 0.2) is 18.2 Å². The van der Waals surface area contributed by atoms with E-state index in [-0.39, 0.29) is 24.5 Å². The second-order valence-electron chi connectivity index (χ2n) is 9.45. The molecule has 164 valence electrons. The van der Waals surface area contributed by atoms with Crippen LogP contribution < -0.4 is 5.32 Å². The molecule has 0 radical (unpaired) electrons. The summed E-state index contributed by atoms with van der Waals surface area (Å²) >= 11 is 0. The minimum atomic E-state index is -0.146. The zero-order valence-corrected chi connectivity index (χ0v) is 18.4. The lowest BCUT2D eigenvalue weighted by Gasteiger charge is -2.38. The van der Waals surface area contributed by atoms with Gasteiger partial charge in [-0.1, -0.05) is 17.7 Å². The fourth-order valence-electron chi connectivity index (χ4n) is 4.68. The lowest BCUT2D eigenvalue weighted by molar-refractivity contribution is -0.149. The number of hydrogen-bond acceptors (Lipinski definition) is 4. The van der Waals surface area contributed by atoms with Crippen molar-refractivity contribution in [2.24, 2.45) is 11.8 Å². The molecule has 1 saturated carbocycles. The summed E-state index contributed by atoms with van der Waals surface area (Å²) in [5.74, 6) is 1.52. The van der Waals surface area contributed by atoms with Gasteiger partial charge in [-0.3, -0.25) is 9.59 Å². The molecule has 0 spiro atoms. The van der Waals surface area contributed by atoms with Gasteiger partial charge in [0.1, 0.15) is 6.61 Å². The SMILES string of the molecule is Cc1ccc(C(=O)NCC2CN(CC3CCN(CC4CC4)CC3)C(=O)CO2)c(C)c1. The molecule has 1 aliphatic carbocycles. The van der Waals surface area contributed by atoms with Crippen LogP contribution in [0.1, 0.15) is 47.2 Å². The lowest BCUT2D eigenvalue weighted by Crippen LogP contribution is -2.52. The van der Waals surface area contributed by atoms with E-state index in [9.17, 15) is 9.59 Å². The van der Waals surface area contributed by atoms with Crippen LogP contribution in [0.3, 0.4) is 0 Å². The Labute approximate surface area is 179 Å². The number of benzene rings is 1. The first kappa shape index (κ1) is 21.3. The largest absolute Gasteiger partial charge is 0.365 e. The summed E-state index contributed by atoms with van der Waals surface area (Å²) in [4.78, 5) is 29.5. The fraction of sp³-hybridized carbons (Fsp3) is 0.667. The first-order chi connectivity index (χ1) is 14.5. The zero-order chi connectivity index (χ0) is 21.1. The molecule has 1 aromatic rings. The van der Waals surface area contributed by atoms with Gasteiger partial charge in [0.25, 0.3) is 5.91 Å². The van der Waals surface area contributed by atoms with Crippen LogP contribution >= 0.6 is 0 Å². The highest BCUT2D eigenvalue weighted by Crippen LogP contribution is 2.31. The molecule has 4 rings (SSSR count). The quantitative estimate of drug-likeness (QED) is 0.746. The third-order valence-corrected chi connectivity index (χ3v) is 6.74. The Morgan fingerprint density at radius 3 is 2.53 bits per heavy atom. The second-order valence-corrected chi connectivity index (χ2v) is 9.45. The number of aryl methyl sites for hydroxylation is 2. The summed E-state index contributed by atoms with van der Waals surface area (Å²) in [7, 11) is 0. The number of nitrogens with one attached hydrogen (secondary N) is 1. The van der Waals surface area contributed by atoms with Gasteiger partial charge in [0.2, 0.25) is 5.91 Å². The summed E-state index contributed by atoms with van der Waals surface area (Å²) in [5, 5.41) is 2.99. The first-order valence-electron chi connectivity index (χ1n) is 11.4. The Morgan fingerprint density at radius 1 is 1.10 bits per heavy atom. The van der Waals surface area contributed by atoms with Crippen LogP contribution in [0.4, 0.5) is 0 Å². The third-order valence-electron chi connectivity index (χ3n) is 6.74. The van der Waals surface area contributed by atoms with Crippen molar-refractivity contribution in [1.29, 1.82) is 0 Å². The van der Waals surface area contributed by atoms with E-state index in [0.717, 1.165) is 36.7 Å². The average molecular weight is 414 g/mol. The lowest BCUT2D eigenvalue weighted by atomic mass is 9.95. The van der Waals surface area contributed by atoms with Crippen molar-refractivity contribution >= 4 is 11.8 Å². The molecule has 2 aliphatic heterocycles. The van der Waals surface area contributed by atoms with Crippen LogP contribution in [-0.2, 0) is 9.53 Å². The molecule has 6 heteroatoms. The van der Waals surface area contributed by atoms with Crippen LogP contribution in [0.25, 0.3) is 0 Å². The molecule has 1 unspecified atom stereocenters. The number of morpholine rings is 1. The van der Waals surface area contributed by atoms with E-state index in [4.69, 9.17) is 4.74 Å². The molecule has 0 aromatic heterocycles. The fourth-order valence-corrected chi connectivity index (χ4v) is 4.68. The number of hydrogen-bond donors (Lipinski definition) is 1. The summed E-state index contributed by atoms with van der Waals surface area (Å²) < 4.78 is 5.70. The molecule has 2 heterocycles. The zero-order valence-electron chi connectivity index (χ0n) is 18.4. The van der Waals surface area contributed by atoms with Crippen molar-refractivity contribution in [2.45, 2.75) is 45.6 Å². The molecule has 30 heavy (non-hydrogen) atoms. The van der Waals surface area contributed by atoms with Crippen molar-refractivity contribution in [2.75, 3.05) is 45.9 Å². The molecule has 6 nitrogen and oxygen atoms in total. The normalized spacial score (nSPS) is 23.6. The highest BCUT2D eigenvalue weighted by atomic mass is 16.5. The van der Waals surface area contributed by atoms with Crippen molar-refractivity contribution in [3.8, 4) is 0 Å². The van der Waals surface area contributed by atoms with Gasteiger partial charge in [0.05, 0.1) is 6.10 Å². The maximum absolute atomic E-state index is 12.5. The number of rotatable bonds is 7. The van der Waals surface area contributed by atoms with Crippen LogP contribution in [-0.4, -0.2) is 73.6 Å². The molecule has 2 saturated heterocycles. The van der Waals surface area contributed by atoms with Crippen molar-refractivity contribution in [3.63, 3.8) is 0 Å². The molecular weight excluding hydrogens is 378 g/mol. The van der Waals surface area contributed by atoms with Gasteiger partial charge in [-0.2, -0.15) is 0 Å². The van der Waals surface area contributed by atoms with Gasteiger partial charge in [-0.25, -0.2) is 0 Å². The summed E-state index contributed by atoms with van der Waals surface area (Å²) in [6.07, 6.45) is 5.01. The van der Waals surface area contributed by atoms with Gasteiger partial charge >= 0.3 is 0 Å². The van der Waals surface area contributed by atoms with E-state index < -0.39 is 0 Å². The Kier molecular flexibility index (Phi) is 6.74. The van der Waals surface area contributed by atoms with E-state index in [0.29, 0.717) is 24.6 Å². The average Bonchev–Trinajstić information content (AvgIpc) is 3.54. The summed E-state index contributed by atoms with van der Waals surface area (Å²) in [5.41, 5.74) is 2.82. The van der Waals surface area contributed by atoms with Crippen LogP contribution in [0.5, 0.6) is 0 Å². The number of ether oxygens (including phenoxy) is 1. The number of piperidine rings is 1. The standard InChI is InChI=1S/C24H35N3O3/c1-17-3-6-22(18(2)11-17)24(29)25-12-21-15-27(23(28)16-30-21)14-20-7-9-26(10-8-20)13-19-4-5-19/h3,6,11,19-21H,4-5,7-10,12-16H2,1-2H3,(H,25,29). The van der Waals surface area contributed by atoms with Gasteiger partial charge in [-0.05, 0) is 76.1 Å². The third kappa shape index (κ3) is 5.61. The molecular formula is C24H35N3O3. The van der Waals surface area contributed by atoms with Crippen molar-refractivity contribution in [3.05, 3.63) is 34.9 Å². The number of amides is 2. The number of likely N-dealkylation sites (tertiary alicyclic amines) is 1. The van der Waals surface area contributed by atoms with E-state index in [1.54, 1.807) is 0 Å². The highest BCUT2D eigenvalue weighted by Gasteiger charge is 2.31. The van der Waals surface area contributed by atoms with E-state index in [2.05, 4.69) is 10.2 Å². The summed E-state index contributed by atoms with van der Waals surface area (Å²) in [6, 6.07) is 5.84. The maximum Gasteiger partial charge on any atom is 0.251 e. The smallest absolute Gasteiger partial charge is 0.251 e. The molecule has 2 amide bonds. The van der Waals surface area contributed by atoms with Gasteiger partial charge in [0.15, 0.2) is 0 Å². The monoisotopic (exact) mass is 413 g/mol. The Bertz CT molecular complexity index is 769. The van der Waals surface area contributed by atoms with Gasteiger partial charge < -0.3 is 19.9 Å². The van der Waals surface area contributed by atoms with Crippen molar-refractivity contribution < 1.29 is 14.3 Å². The highest BCUT2D eigenvalue weighted by molar-refractivity contribution is 5.95. The van der Waals surface area contributed by atoms with E-state index >= 15 is 0 Å². The van der Waals surface area contributed by atoms with Crippen LogP contribution in [0.2, 0.25) is 0 Å². The first-order valence-corrected chi connectivity index (χ1v) is 11.4. The predicted octanol–water partition coefficient (Wildman–Crippen LogP) is 2.38. The molecule has 3 fully saturated rings. The molecule has 1 N–H and O–H groups in total. The summed E-state index contributed by atoms with van der Waals surface area (Å²) in [6.45, 7) is 9.49. The topological polar surface area (TPSA) is 61.9 Å². The predicted molar refractivity (Wildman–Crippen MR) is 116 cm³/mol. The molecule has 0 bridgehead atoms. The number of nitrogens with zero attached hydrogens (tertiary/aromatic N) is 2. The number of carbonyl (C=O) groups excluding carboxylic acids is 2. The van der Waals surface area contributed by atoms with Crippen molar-refractivity contribution in [1.82, 2.24) is 15.1 Å². The van der Waals surface area contributed by atoms with E-state index in [1.165, 1.54) is 32.2 Å².